The maximum absolute atomic E-state index is 13.5. The van der Waals surface area contributed by atoms with Gasteiger partial charge in [0, 0.05) is 28.8 Å². The highest BCUT2D eigenvalue weighted by Gasteiger charge is 2.07. The molecular formula is C12H9BrFN3O2. The van der Waals surface area contributed by atoms with E-state index in [-0.39, 0.29) is 18.0 Å². The largest absolute Gasteiger partial charge is 0.366 e. The van der Waals surface area contributed by atoms with Crippen molar-refractivity contribution in [2.75, 3.05) is 5.32 Å². The second-order valence-electron chi connectivity index (χ2n) is 3.75. The fourth-order valence-electron chi connectivity index (χ4n) is 1.49. The highest BCUT2D eigenvalue weighted by Crippen LogP contribution is 2.18. The SMILES string of the molecule is O=[N+]([O-])c1ccnc(NCc2cc(Br)ccc2F)c1. The molecule has 1 aromatic heterocycles. The van der Waals surface area contributed by atoms with Crippen LogP contribution >= 0.6 is 15.9 Å². The molecule has 5 nitrogen and oxygen atoms in total. The molecule has 2 aromatic rings. The van der Waals surface area contributed by atoms with Crippen molar-refractivity contribution >= 4 is 27.4 Å². The molecule has 0 spiro atoms. The molecule has 0 amide bonds. The van der Waals surface area contributed by atoms with Crippen LogP contribution in [0.3, 0.4) is 0 Å². The molecule has 0 fully saturated rings. The normalized spacial score (nSPS) is 10.2. The van der Waals surface area contributed by atoms with Gasteiger partial charge in [-0.2, -0.15) is 0 Å². The third-order valence-corrected chi connectivity index (χ3v) is 2.92. The number of nitro groups is 1. The van der Waals surface area contributed by atoms with Gasteiger partial charge in [0.05, 0.1) is 11.0 Å². The van der Waals surface area contributed by atoms with Crippen molar-refractivity contribution < 1.29 is 9.31 Å². The van der Waals surface area contributed by atoms with Crippen molar-refractivity contribution in [1.82, 2.24) is 4.98 Å². The molecule has 98 valence electrons. The van der Waals surface area contributed by atoms with Gasteiger partial charge in [-0.1, -0.05) is 15.9 Å². The molecule has 1 aromatic carbocycles. The Bertz CT molecular complexity index is 622. The van der Waals surface area contributed by atoms with Crippen LogP contribution in [0.15, 0.2) is 41.0 Å². The summed E-state index contributed by atoms with van der Waals surface area (Å²) in [5.74, 6) is -0.0188. The van der Waals surface area contributed by atoms with Crippen molar-refractivity contribution in [2.45, 2.75) is 6.54 Å². The maximum Gasteiger partial charge on any atom is 0.274 e. The standard InChI is InChI=1S/C12H9BrFN3O2/c13-9-1-2-11(14)8(5-9)7-16-12-6-10(17(18)19)3-4-15-12/h1-6H,7H2,(H,15,16). The highest BCUT2D eigenvalue weighted by molar-refractivity contribution is 9.10. The van der Waals surface area contributed by atoms with Gasteiger partial charge in [0.1, 0.15) is 11.6 Å². The third-order valence-electron chi connectivity index (χ3n) is 2.42. The van der Waals surface area contributed by atoms with Crippen LogP contribution in [0.25, 0.3) is 0 Å². The summed E-state index contributed by atoms with van der Waals surface area (Å²) in [5.41, 5.74) is 0.384. The number of hydrogen-bond donors (Lipinski definition) is 1. The fraction of sp³-hybridized carbons (Fsp3) is 0.0833. The monoisotopic (exact) mass is 325 g/mol. The summed E-state index contributed by atoms with van der Waals surface area (Å²) in [7, 11) is 0. The van der Waals surface area contributed by atoms with Crippen LogP contribution in [-0.2, 0) is 6.54 Å². The van der Waals surface area contributed by atoms with Crippen LogP contribution in [0.4, 0.5) is 15.9 Å². The van der Waals surface area contributed by atoms with E-state index in [2.05, 4.69) is 26.2 Å². The zero-order valence-electron chi connectivity index (χ0n) is 9.64. The Hall–Kier alpha value is -2.02. The first-order chi connectivity index (χ1) is 9.06. The predicted molar refractivity (Wildman–Crippen MR) is 72.3 cm³/mol. The quantitative estimate of drug-likeness (QED) is 0.690. The van der Waals surface area contributed by atoms with E-state index in [1.54, 1.807) is 12.1 Å². The van der Waals surface area contributed by atoms with E-state index >= 15 is 0 Å². The zero-order chi connectivity index (χ0) is 13.8. The van der Waals surface area contributed by atoms with E-state index in [1.165, 1.54) is 24.4 Å². The van der Waals surface area contributed by atoms with E-state index in [0.29, 0.717) is 11.4 Å². The number of pyridine rings is 1. The van der Waals surface area contributed by atoms with E-state index in [4.69, 9.17) is 0 Å². The first-order valence-electron chi connectivity index (χ1n) is 5.34. The van der Waals surface area contributed by atoms with Gasteiger partial charge in [0.15, 0.2) is 0 Å². The van der Waals surface area contributed by atoms with Gasteiger partial charge in [-0.25, -0.2) is 9.37 Å². The number of nitrogens with zero attached hydrogens (tertiary/aromatic N) is 2. The Kier molecular flexibility index (Phi) is 4.06. The van der Waals surface area contributed by atoms with Crippen molar-refractivity contribution in [3.63, 3.8) is 0 Å². The number of anilines is 1. The van der Waals surface area contributed by atoms with Gasteiger partial charge in [0.25, 0.3) is 5.69 Å². The van der Waals surface area contributed by atoms with E-state index in [9.17, 15) is 14.5 Å². The van der Waals surface area contributed by atoms with Gasteiger partial charge in [-0.3, -0.25) is 10.1 Å². The summed E-state index contributed by atoms with van der Waals surface area (Å²) in [6.07, 6.45) is 1.33. The van der Waals surface area contributed by atoms with Gasteiger partial charge < -0.3 is 5.32 Å². The Labute approximate surface area is 116 Å². The molecule has 1 heterocycles. The van der Waals surface area contributed by atoms with Gasteiger partial charge >= 0.3 is 0 Å². The molecule has 0 saturated carbocycles. The molecule has 0 unspecified atom stereocenters. The minimum Gasteiger partial charge on any atom is -0.366 e. The molecule has 0 aliphatic heterocycles. The first-order valence-corrected chi connectivity index (χ1v) is 6.14. The van der Waals surface area contributed by atoms with E-state index in [0.717, 1.165) is 4.47 Å². The van der Waals surface area contributed by atoms with Crippen LogP contribution in [0.5, 0.6) is 0 Å². The molecule has 7 heteroatoms. The number of hydrogen-bond acceptors (Lipinski definition) is 4. The molecule has 0 aliphatic carbocycles. The molecular weight excluding hydrogens is 317 g/mol. The molecule has 19 heavy (non-hydrogen) atoms. The molecule has 1 N–H and O–H groups in total. The molecule has 0 aliphatic rings. The van der Waals surface area contributed by atoms with Crippen LogP contribution < -0.4 is 5.32 Å². The minimum absolute atomic E-state index is 0.0628. The Morgan fingerprint density at radius 2 is 2.16 bits per heavy atom. The van der Waals surface area contributed by atoms with Crippen molar-refractivity contribution in [1.29, 1.82) is 0 Å². The Morgan fingerprint density at radius 3 is 2.89 bits per heavy atom. The lowest BCUT2D eigenvalue weighted by molar-refractivity contribution is -0.384. The maximum atomic E-state index is 13.5. The van der Waals surface area contributed by atoms with E-state index in [1.807, 2.05) is 0 Å². The second-order valence-corrected chi connectivity index (χ2v) is 4.66. The van der Waals surface area contributed by atoms with Crippen molar-refractivity contribution in [3.05, 3.63) is 62.5 Å². The number of nitrogens with one attached hydrogen (secondary N) is 1. The van der Waals surface area contributed by atoms with Crippen molar-refractivity contribution in [2.24, 2.45) is 0 Å². The predicted octanol–water partition coefficient (Wildman–Crippen LogP) is 3.50. The Balaban J connectivity index is 2.12. The van der Waals surface area contributed by atoms with Crippen LogP contribution in [0.1, 0.15) is 5.56 Å². The van der Waals surface area contributed by atoms with Gasteiger partial charge in [-0.15, -0.1) is 0 Å². The number of halogens is 2. The smallest absolute Gasteiger partial charge is 0.274 e. The third kappa shape index (κ3) is 3.47. The molecule has 0 saturated heterocycles. The fourth-order valence-corrected chi connectivity index (χ4v) is 1.90. The lowest BCUT2D eigenvalue weighted by Gasteiger charge is -2.07. The molecule has 0 atom stereocenters. The molecule has 2 rings (SSSR count). The first kappa shape index (κ1) is 13.4. The second kappa shape index (κ2) is 5.75. The van der Waals surface area contributed by atoms with Crippen LogP contribution in [0.2, 0.25) is 0 Å². The summed E-state index contributed by atoms with van der Waals surface area (Å²) in [5, 5.41) is 13.5. The topological polar surface area (TPSA) is 68.1 Å². The number of benzene rings is 1. The number of rotatable bonds is 4. The summed E-state index contributed by atoms with van der Waals surface area (Å²) >= 11 is 3.25. The highest BCUT2D eigenvalue weighted by atomic mass is 79.9. The van der Waals surface area contributed by atoms with Gasteiger partial charge in [0.2, 0.25) is 0 Å². The van der Waals surface area contributed by atoms with Crippen LogP contribution in [-0.4, -0.2) is 9.91 Å². The summed E-state index contributed by atoms with van der Waals surface area (Å²) in [6.45, 7) is 0.194. The van der Waals surface area contributed by atoms with Gasteiger partial charge in [-0.05, 0) is 18.2 Å². The molecule has 0 bridgehead atoms. The summed E-state index contributed by atoms with van der Waals surface area (Å²) in [6, 6.07) is 7.19. The number of aromatic nitrogens is 1. The lowest BCUT2D eigenvalue weighted by atomic mass is 10.2. The van der Waals surface area contributed by atoms with E-state index < -0.39 is 4.92 Å². The lowest BCUT2D eigenvalue weighted by Crippen LogP contribution is -2.03. The van der Waals surface area contributed by atoms with Crippen molar-refractivity contribution in [3.8, 4) is 0 Å². The summed E-state index contributed by atoms with van der Waals surface area (Å²) in [4.78, 5) is 14.0. The average Bonchev–Trinajstić information content (AvgIpc) is 2.40. The summed E-state index contributed by atoms with van der Waals surface area (Å²) < 4.78 is 14.3. The minimum atomic E-state index is -0.507. The average molecular weight is 326 g/mol. The zero-order valence-corrected chi connectivity index (χ0v) is 11.2. The van der Waals surface area contributed by atoms with Crippen LogP contribution in [0, 0.1) is 15.9 Å². The molecule has 0 radical (unpaired) electrons. The Morgan fingerprint density at radius 1 is 1.37 bits per heavy atom.